The van der Waals surface area contributed by atoms with Gasteiger partial charge in [-0.25, -0.2) is 8.42 Å². The Kier molecular flexibility index (Phi) is 4.63. The molecule has 0 bridgehead atoms. The van der Waals surface area contributed by atoms with Gasteiger partial charge in [-0.15, -0.1) is 0 Å². The highest BCUT2D eigenvalue weighted by Crippen LogP contribution is 2.29. The molecule has 110 valence electrons. The molecule has 20 heavy (non-hydrogen) atoms. The Labute approximate surface area is 114 Å². The number of hydrogen-bond acceptors (Lipinski definition) is 6. The molecule has 1 rings (SSSR count). The van der Waals surface area contributed by atoms with Crippen molar-refractivity contribution in [2.45, 2.75) is 4.90 Å². The zero-order valence-electron chi connectivity index (χ0n) is 10.6. The first kappa shape index (κ1) is 15.9. The van der Waals surface area contributed by atoms with E-state index in [9.17, 15) is 23.3 Å². The van der Waals surface area contributed by atoms with Crippen LogP contribution >= 0.6 is 0 Å². The number of nitro groups is 1. The number of ether oxygens (including phenoxy) is 1. The third-order valence-electron chi connectivity index (χ3n) is 2.41. The maximum Gasteiger partial charge on any atom is 0.318 e. The molecule has 0 fully saturated rings. The summed E-state index contributed by atoms with van der Waals surface area (Å²) in [6.45, 7) is -0.800. The van der Waals surface area contributed by atoms with E-state index in [2.05, 4.69) is 0 Å². The first-order valence-electron chi connectivity index (χ1n) is 5.20. The van der Waals surface area contributed by atoms with E-state index in [1.807, 2.05) is 0 Å². The summed E-state index contributed by atoms with van der Waals surface area (Å²) in [4.78, 5) is 20.0. The molecule has 1 aromatic rings. The van der Waals surface area contributed by atoms with Crippen LogP contribution in [0.2, 0.25) is 0 Å². The lowest BCUT2D eigenvalue weighted by Gasteiger charge is -2.15. The fraction of sp³-hybridized carbons (Fsp3) is 0.300. The van der Waals surface area contributed by atoms with Gasteiger partial charge in [0.15, 0.2) is 4.90 Å². The van der Waals surface area contributed by atoms with Gasteiger partial charge in [0.05, 0.1) is 18.1 Å². The number of likely N-dealkylation sites (N-methyl/N-ethyl adjacent to an activating group) is 1. The van der Waals surface area contributed by atoms with Crippen LogP contribution in [0.25, 0.3) is 0 Å². The number of hydrogen-bond donors (Lipinski definition) is 1. The van der Waals surface area contributed by atoms with Gasteiger partial charge in [-0.05, 0) is 12.1 Å². The molecule has 0 aromatic heterocycles. The maximum atomic E-state index is 12.1. The smallest absolute Gasteiger partial charge is 0.318 e. The summed E-state index contributed by atoms with van der Waals surface area (Å²) in [5.74, 6) is -1.25. The number of rotatable bonds is 6. The molecule has 0 radical (unpaired) electrons. The van der Waals surface area contributed by atoms with E-state index < -0.39 is 38.0 Å². The first-order chi connectivity index (χ1) is 9.20. The molecule has 0 heterocycles. The Hall–Kier alpha value is -2.20. The van der Waals surface area contributed by atoms with Crippen molar-refractivity contribution in [1.82, 2.24) is 4.31 Å². The Bertz CT molecular complexity index is 641. The van der Waals surface area contributed by atoms with Gasteiger partial charge in [0.25, 0.3) is 5.69 Å². The minimum Gasteiger partial charge on any atom is -0.497 e. The number of nitrogens with zero attached hydrogens (tertiary/aromatic N) is 2. The summed E-state index contributed by atoms with van der Waals surface area (Å²) >= 11 is 0. The summed E-state index contributed by atoms with van der Waals surface area (Å²) in [7, 11) is -1.97. The van der Waals surface area contributed by atoms with E-state index in [0.717, 1.165) is 19.2 Å². The van der Waals surface area contributed by atoms with Crippen LogP contribution in [0, 0.1) is 10.1 Å². The summed E-state index contributed by atoms with van der Waals surface area (Å²) in [6, 6.07) is 3.21. The van der Waals surface area contributed by atoms with Crippen molar-refractivity contribution in [3.8, 4) is 5.75 Å². The van der Waals surface area contributed by atoms with Crippen LogP contribution in [0.3, 0.4) is 0 Å². The van der Waals surface area contributed by atoms with Crippen LogP contribution in [-0.4, -0.2) is 49.4 Å². The molecule has 0 unspecified atom stereocenters. The topological polar surface area (TPSA) is 127 Å². The quantitative estimate of drug-likeness (QED) is 0.591. The molecular formula is C10H12N2O7S. The highest BCUT2D eigenvalue weighted by molar-refractivity contribution is 7.89. The van der Waals surface area contributed by atoms with Crippen molar-refractivity contribution >= 4 is 21.7 Å². The van der Waals surface area contributed by atoms with Crippen molar-refractivity contribution in [2.75, 3.05) is 20.7 Å². The number of carboxylic acids is 1. The molecule has 10 heteroatoms. The van der Waals surface area contributed by atoms with E-state index in [1.165, 1.54) is 13.2 Å². The predicted octanol–water partition coefficient (Wildman–Crippen LogP) is 0.308. The minimum absolute atomic E-state index is 0.122. The van der Waals surface area contributed by atoms with Gasteiger partial charge in [-0.3, -0.25) is 14.9 Å². The number of benzene rings is 1. The number of carbonyl (C=O) groups is 1. The molecule has 0 saturated carbocycles. The van der Waals surface area contributed by atoms with Crippen LogP contribution in [-0.2, 0) is 14.8 Å². The fourth-order valence-electron chi connectivity index (χ4n) is 1.43. The second-order valence-corrected chi connectivity index (χ2v) is 5.76. The average molecular weight is 304 g/mol. The fourth-order valence-corrected chi connectivity index (χ4v) is 2.68. The van der Waals surface area contributed by atoms with Crippen molar-refractivity contribution in [1.29, 1.82) is 0 Å². The SMILES string of the molecule is COc1ccc(S(=O)(=O)N(C)CC(=O)O)c([N+](=O)[O-])c1. The van der Waals surface area contributed by atoms with Crippen LogP contribution in [0.1, 0.15) is 0 Å². The van der Waals surface area contributed by atoms with Gasteiger partial charge in [0.1, 0.15) is 12.3 Å². The van der Waals surface area contributed by atoms with E-state index >= 15 is 0 Å². The lowest BCUT2D eigenvalue weighted by Crippen LogP contribution is -2.32. The summed E-state index contributed by atoms with van der Waals surface area (Å²) < 4.78 is 29.5. The van der Waals surface area contributed by atoms with Crippen molar-refractivity contribution < 1.29 is 28.0 Å². The van der Waals surface area contributed by atoms with Crippen LogP contribution in [0.5, 0.6) is 5.75 Å². The monoisotopic (exact) mass is 304 g/mol. The van der Waals surface area contributed by atoms with Gasteiger partial charge >= 0.3 is 5.97 Å². The largest absolute Gasteiger partial charge is 0.497 e. The van der Waals surface area contributed by atoms with E-state index in [0.29, 0.717) is 4.31 Å². The maximum absolute atomic E-state index is 12.1. The lowest BCUT2D eigenvalue weighted by atomic mass is 10.3. The van der Waals surface area contributed by atoms with Crippen LogP contribution in [0.15, 0.2) is 23.1 Å². The molecule has 9 nitrogen and oxygen atoms in total. The number of carboxylic acid groups (broad SMARTS) is 1. The van der Waals surface area contributed by atoms with E-state index in [4.69, 9.17) is 9.84 Å². The van der Waals surface area contributed by atoms with Gasteiger partial charge < -0.3 is 9.84 Å². The van der Waals surface area contributed by atoms with Crippen LogP contribution in [0.4, 0.5) is 5.69 Å². The number of aliphatic carboxylic acids is 1. The molecule has 0 spiro atoms. The normalized spacial score (nSPS) is 11.3. The molecule has 0 aliphatic heterocycles. The van der Waals surface area contributed by atoms with Gasteiger partial charge in [-0.2, -0.15) is 4.31 Å². The predicted molar refractivity (Wildman–Crippen MR) is 67.1 cm³/mol. The molecule has 0 aliphatic carbocycles. The standard InChI is InChI=1S/C10H12N2O7S/c1-11(6-10(13)14)20(17,18)9-4-3-7(19-2)5-8(9)12(15)16/h3-5H,6H2,1-2H3,(H,13,14). The summed E-state index contributed by atoms with van der Waals surface area (Å²) in [5, 5.41) is 19.5. The molecule has 1 aromatic carbocycles. The average Bonchev–Trinajstić information content (AvgIpc) is 2.36. The highest BCUT2D eigenvalue weighted by Gasteiger charge is 2.31. The number of sulfonamides is 1. The van der Waals surface area contributed by atoms with Crippen molar-refractivity contribution in [3.05, 3.63) is 28.3 Å². The van der Waals surface area contributed by atoms with Gasteiger partial charge in [-0.1, -0.05) is 0 Å². The summed E-state index contributed by atoms with van der Waals surface area (Å²) in [5.41, 5.74) is -0.679. The Morgan fingerprint density at radius 1 is 1.50 bits per heavy atom. The lowest BCUT2D eigenvalue weighted by molar-refractivity contribution is -0.387. The zero-order valence-corrected chi connectivity index (χ0v) is 11.5. The van der Waals surface area contributed by atoms with E-state index in [1.54, 1.807) is 0 Å². The van der Waals surface area contributed by atoms with Gasteiger partial charge in [0, 0.05) is 7.05 Å². The zero-order chi connectivity index (χ0) is 15.5. The molecular weight excluding hydrogens is 292 g/mol. The number of nitro benzene ring substituents is 1. The first-order valence-corrected chi connectivity index (χ1v) is 6.64. The van der Waals surface area contributed by atoms with E-state index in [-0.39, 0.29) is 5.75 Å². The van der Waals surface area contributed by atoms with Crippen molar-refractivity contribution in [3.63, 3.8) is 0 Å². The van der Waals surface area contributed by atoms with Crippen molar-refractivity contribution in [2.24, 2.45) is 0 Å². The third-order valence-corrected chi connectivity index (χ3v) is 4.26. The molecule has 1 N–H and O–H groups in total. The number of methoxy groups -OCH3 is 1. The third kappa shape index (κ3) is 3.22. The van der Waals surface area contributed by atoms with Crippen LogP contribution < -0.4 is 4.74 Å². The second kappa shape index (κ2) is 5.84. The molecule has 0 atom stereocenters. The Morgan fingerprint density at radius 3 is 2.55 bits per heavy atom. The van der Waals surface area contributed by atoms with Gasteiger partial charge in [0.2, 0.25) is 10.0 Å². The minimum atomic E-state index is -4.28. The Balaban J connectivity index is 3.38. The highest BCUT2D eigenvalue weighted by atomic mass is 32.2. The molecule has 0 amide bonds. The second-order valence-electron chi connectivity index (χ2n) is 3.75. The Morgan fingerprint density at radius 2 is 2.10 bits per heavy atom. The molecule has 0 aliphatic rings. The molecule has 0 saturated heterocycles. The summed E-state index contributed by atoms with van der Waals surface area (Å²) in [6.07, 6.45) is 0.